The fourth-order valence-electron chi connectivity index (χ4n) is 3.67. The molecule has 190 valence electrons. The number of para-hydroxylation sites is 1. The SMILES string of the molecule is Cc1ccc(NC(=O)c2ccccc2NS(=O)(=O)c2ccc(F)cc2)cc1S(=O)(=O)N1CCOCC1. The van der Waals surface area contributed by atoms with Crippen LogP contribution in [0.5, 0.6) is 0 Å². The highest BCUT2D eigenvalue weighted by molar-refractivity contribution is 7.92. The number of sulfonamides is 2. The number of morpholine rings is 1. The van der Waals surface area contributed by atoms with E-state index in [1.807, 2.05) is 0 Å². The summed E-state index contributed by atoms with van der Waals surface area (Å²) in [6.07, 6.45) is 0. The van der Waals surface area contributed by atoms with Gasteiger partial charge in [0.15, 0.2) is 0 Å². The van der Waals surface area contributed by atoms with E-state index in [9.17, 15) is 26.0 Å². The Kier molecular flexibility index (Phi) is 7.41. The minimum absolute atomic E-state index is 0.00704. The second kappa shape index (κ2) is 10.3. The van der Waals surface area contributed by atoms with E-state index in [-0.39, 0.29) is 39.8 Å². The summed E-state index contributed by atoms with van der Waals surface area (Å²) < 4.78 is 73.9. The number of halogens is 1. The van der Waals surface area contributed by atoms with Gasteiger partial charge in [0, 0.05) is 18.8 Å². The summed E-state index contributed by atoms with van der Waals surface area (Å²) in [5, 5.41) is 2.64. The molecule has 1 heterocycles. The number of amides is 1. The number of carbonyl (C=O) groups excluding carboxylic acids is 1. The van der Waals surface area contributed by atoms with Crippen molar-refractivity contribution in [1.29, 1.82) is 0 Å². The molecule has 0 atom stereocenters. The topological polar surface area (TPSA) is 122 Å². The zero-order valence-corrected chi connectivity index (χ0v) is 20.9. The molecular formula is C24H24FN3O6S2. The van der Waals surface area contributed by atoms with E-state index in [0.29, 0.717) is 18.8 Å². The Balaban J connectivity index is 1.59. The quantitative estimate of drug-likeness (QED) is 0.481. The van der Waals surface area contributed by atoms with E-state index in [1.54, 1.807) is 31.2 Å². The minimum atomic E-state index is -4.09. The van der Waals surface area contributed by atoms with E-state index in [2.05, 4.69) is 10.0 Å². The Labute approximate surface area is 209 Å². The van der Waals surface area contributed by atoms with E-state index >= 15 is 0 Å². The van der Waals surface area contributed by atoms with Crippen molar-refractivity contribution in [3.05, 3.63) is 83.7 Å². The van der Waals surface area contributed by atoms with Gasteiger partial charge in [-0.3, -0.25) is 9.52 Å². The van der Waals surface area contributed by atoms with Crippen LogP contribution in [0, 0.1) is 12.7 Å². The van der Waals surface area contributed by atoms with E-state index in [4.69, 9.17) is 4.74 Å². The molecule has 1 saturated heterocycles. The third kappa shape index (κ3) is 5.57. The maximum atomic E-state index is 13.2. The van der Waals surface area contributed by atoms with Crippen LogP contribution in [0.2, 0.25) is 0 Å². The molecule has 0 bridgehead atoms. The molecule has 12 heteroatoms. The molecule has 2 N–H and O–H groups in total. The number of nitrogens with one attached hydrogen (secondary N) is 2. The molecule has 3 aromatic rings. The molecule has 0 saturated carbocycles. The van der Waals surface area contributed by atoms with Crippen molar-refractivity contribution in [2.45, 2.75) is 16.7 Å². The molecule has 36 heavy (non-hydrogen) atoms. The van der Waals surface area contributed by atoms with Gasteiger partial charge in [-0.1, -0.05) is 18.2 Å². The molecule has 1 amide bonds. The van der Waals surface area contributed by atoms with Gasteiger partial charge >= 0.3 is 0 Å². The first-order chi connectivity index (χ1) is 17.1. The lowest BCUT2D eigenvalue weighted by Crippen LogP contribution is -2.40. The normalized spacial score (nSPS) is 14.8. The third-order valence-electron chi connectivity index (χ3n) is 5.57. The van der Waals surface area contributed by atoms with E-state index in [1.165, 1.54) is 22.5 Å². The van der Waals surface area contributed by atoms with E-state index in [0.717, 1.165) is 24.3 Å². The number of nitrogens with zero attached hydrogens (tertiary/aromatic N) is 1. The van der Waals surface area contributed by atoms with Gasteiger partial charge in [0.05, 0.1) is 34.3 Å². The zero-order valence-electron chi connectivity index (χ0n) is 19.3. The van der Waals surface area contributed by atoms with Gasteiger partial charge in [-0.15, -0.1) is 0 Å². The molecule has 1 aliphatic heterocycles. The van der Waals surface area contributed by atoms with Crippen molar-refractivity contribution < 1.29 is 30.8 Å². The highest BCUT2D eigenvalue weighted by Crippen LogP contribution is 2.26. The molecule has 3 aromatic carbocycles. The highest BCUT2D eigenvalue weighted by atomic mass is 32.2. The minimum Gasteiger partial charge on any atom is -0.379 e. The van der Waals surface area contributed by atoms with Crippen molar-refractivity contribution in [1.82, 2.24) is 4.31 Å². The summed E-state index contributed by atoms with van der Waals surface area (Å²) >= 11 is 0. The van der Waals surface area contributed by atoms with Gasteiger partial charge in [0.25, 0.3) is 15.9 Å². The smallest absolute Gasteiger partial charge is 0.261 e. The maximum absolute atomic E-state index is 13.2. The van der Waals surface area contributed by atoms with Crippen LogP contribution in [-0.4, -0.2) is 53.4 Å². The molecule has 1 aliphatic rings. The number of anilines is 2. The summed E-state index contributed by atoms with van der Waals surface area (Å²) in [4.78, 5) is 13.0. The lowest BCUT2D eigenvalue weighted by molar-refractivity contribution is 0.0730. The maximum Gasteiger partial charge on any atom is 0.261 e. The zero-order chi connectivity index (χ0) is 25.9. The van der Waals surface area contributed by atoms with Crippen molar-refractivity contribution in [3.63, 3.8) is 0 Å². The Morgan fingerprint density at radius 1 is 0.944 bits per heavy atom. The van der Waals surface area contributed by atoms with Crippen molar-refractivity contribution in [2.24, 2.45) is 0 Å². The number of aryl methyl sites for hydroxylation is 1. The Hall–Kier alpha value is -3.32. The average Bonchev–Trinajstić information content (AvgIpc) is 2.86. The highest BCUT2D eigenvalue weighted by Gasteiger charge is 2.28. The van der Waals surface area contributed by atoms with Gasteiger partial charge in [-0.25, -0.2) is 21.2 Å². The first-order valence-corrected chi connectivity index (χ1v) is 13.9. The largest absolute Gasteiger partial charge is 0.379 e. The summed E-state index contributed by atoms with van der Waals surface area (Å²) in [7, 11) is -7.89. The van der Waals surface area contributed by atoms with Gasteiger partial charge in [0.2, 0.25) is 10.0 Å². The van der Waals surface area contributed by atoms with Crippen molar-refractivity contribution >= 4 is 37.3 Å². The van der Waals surface area contributed by atoms with Crippen molar-refractivity contribution in [2.75, 3.05) is 36.3 Å². The first-order valence-electron chi connectivity index (χ1n) is 11.0. The van der Waals surface area contributed by atoms with Crippen LogP contribution < -0.4 is 10.0 Å². The summed E-state index contributed by atoms with van der Waals surface area (Å²) in [6, 6.07) is 14.8. The Morgan fingerprint density at radius 2 is 1.61 bits per heavy atom. The first kappa shape index (κ1) is 25.8. The van der Waals surface area contributed by atoms with Crippen LogP contribution in [0.3, 0.4) is 0 Å². The number of carbonyl (C=O) groups is 1. The molecule has 0 aliphatic carbocycles. The third-order valence-corrected chi connectivity index (χ3v) is 9.00. The summed E-state index contributed by atoms with van der Waals surface area (Å²) in [5.74, 6) is -1.23. The second-order valence-corrected chi connectivity index (χ2v) is 11.6. The molecule has 0 aromatic heterocycles. The lowest BCUT2D eigenvalue weighted by atomic mass is 10.1. The summed E-state index contributed by atoms with van der Waals surface area (Å²) in [5.41, 5.74) is 0.773. The average molecular weight is 534 g/mol. The predicted molar refractivity (Wildman–Crippen MR) is 132 cm³/mol. The molecule has 0 radical (unpaired) electrons. The predicted octanol–water partition coefficient (Wildman–Crippen LogP) is 3.21. The van der Waals surface area contributed by atoms with Gasteiger partial charge in [-0.05, 0) is 61.0 Å². The van der Waals surface area contributed by atoms with Crippen LogP contribution in [0.1, 0.15) is 15.9 Å². The summed E-state index contributed by atoms with van der Waals surface area (Å²) in [6.45, 7) is 2.75. The fourth-order valence-corrected chi connectivity index (χ4v) is 6.41. The van der Waals surface area contributed by atoms with Crippen LogP contribution in [0.25, 0.3) is 0 Å². The Morgan fingerprint density at radius 3 is 2.31 bits per heavy atom. The number of rotatable bonds is 7. The lowest BCUT2D eigenvalue weighted by Gasteiger charge is -2.26. The number of hydrogen-bond acceptors (Lipinski definition) is 6. The van der Waals surface area contributed by atoms with Crippen molar-refractivity contribution in [3.8, 4) is 0 Å². The van der Waals surface area contributed by atoms with Gasteiger partial charge in [-0.2, -0.15) is 4.31 Å². The number of ether oxygens (including phenoxy) is 1. The molecule has 0 unspecified atom stereocenters. The van der Waals surface area contributed by atoms with Crippen LogP contribution >= 0.6 is 0 Å². The van der Waals surface area contributed by atoms with Crippen LogP contribution in [-0.2, 0) is 24.8 Å². The number of benzene rings is 3. The number of hydrogen-bond donors (Lipinski definition) is 2. The molecule has 9 nitrogen and oxygen atoms in total. The van der Waals surface area contributed by atoms with Gasteiger partial charge < -0.3 is 10.1 Å². The van der Waals surface area contributed by atoms with E-state index < -0.39 is 31.8 Å². The molecule has 1 fully saturated rings. The monoisotopic (exact) mass is 533 g/mol. The fraction of sp³-hybridized carbons (Fsp3) is 0.208. The van der Waals surface area contributed by atoms with Crippen LogP contribution in [0.4, 0.5) is 15.8 Å². The molecular weight excluding hydrogens is 509 g/mol. The van der Waals surface area contributed by atoms with Crippen LogP contribution in [0.15, 0.2) is 76.5 Å². The molecule has 4 rings (SSSR count). The van der Waals surface area contributed by atoms with Gasteiger partial charge in [0.1, 0.15) is 5.82 Å². The standard InChI is InChI=1S/C24H24FN3O6S2/c1-17-6-9-19(16-23(17)36(32,33)28-12-14-34-15-13-28)26-24(29)21-4-2-3-5-22(21)27-35(30,31)20-10-7-18(25)8-11-20/h2-11,16,27H,12-15H2,1H3,(H,26,29). The Bertz CT molecular complexity index is 1490. The second-order valence-electron chi connectivity index (χ2n) is 8.06. The molecule has 0 spiro atoms.